The van der Waals surface area contributed by atoms with Crippen molar-refractivity contribution in [1.82, 2.24) is 15.0 Å². The van der Waals surface area contributed by atoms with Crippen LogP contribution in [-0.4, -0.2) is 27.5 Å². The summed E-state index contributed by atoms with van der Waals surface area (Å²) in [6.45, 7) is 7.01. The summed E-state index contributed by atoms with van der Waals surface area (Å²) in [7, 11) is 0. The number of carbonyl (C=O) groups excluding carboxylic acids is 1. The maximum absolute atomic E-state index is 12.6. The van der Waals surface area contributed by atoms with Crippen LogP contribution in [0, 0.1) is 5.41 Å². The molecule has 0 radical (unpaired) electrons. The molecule has 0 bridgehead atoms. The van der Waals surface area contributed by atoms with E-state index in [1.807, 2.05) is 35.2 Å². The van der Waals surface area contributed by atoms with Crippen LogP contribution in [0.5, 0.6) is 0 Å². The van der Waals surface area contributed by atoms with E-state index in [1.165, 1.54) is 0 Å². The highest BCUT2D eigenvalue weighted by Crippen LogP contribution is 2.34. The lowest BCUT2D eigenvalue weighted by Crippen LogP contribution is -2.33. The van der Waals surface area contributed by atoms with Crippen LogP contribution < -0.4 is 0 Å². The van der Waals surface area contributed by atoms with Crippen LogP contribution in [0.15, 0.2) is 34.9 Å². The number of rotatable bonds is 3. The van der Waals surface area contributed by atoms with E-state index in [2.05, 4.69) is 30.9 Å². The largest absolute Gasteiger partial charge is 0.337 e. The van der Waals surface area contributed by atoms with E-state index in [4.69, 9.17) is 4.52 Å². The molecule has 1 fully saturated rings. The fourth-order valence-corrected chi connectivity index (χ4v) is 2.95. The minimum absolute atomic E-state index is 0.0196. The molecule has 1 aromatic carbocycles. The normalized spacial score (nSPS) is 18.4. The van der Waals surface area contributed by atoms with Crippen molar-refractivity contribution in [1.29, 1.82) is 0 Å². The molecule has 2 heterocycles. The second-order valence-electron chi connectivity index (χ2n) is 7.30. The monoisotopic (exact) mass is 313 g/mol. The van der Waals surface area contributed by atoms with Crippen molar-refractivity contribution < 1.29 is 9.32 Å². The third-order valence-corrected chi connectivity index (χ3v) is 4.01. The molecule has 1 aliphatic heterocycles. The van der Waals surface area contributed by atoms with Crippen LogP contribution in [0.2, 0.25) is 0 Å². The molecule has 1 atom stereocenters. The van der Waals surface area contributed by atoms with Gasteiger partial charge in [0.05, 0.1) is 0 Å². The molecule has 1 aliphatic rings. The van der Waals surface area contributed by atoms with Crippen molar-refractivity contribution in [2.24, 2.45) is 5.41 Å². The van der Waals surface area contributed by atoms with Crippen LogP contribution in [0.1, 0.15) is 52.0 Å². The molecule has 5 heteroatoms. The second kappa shape index (κ2) is 6.14. The summed E-state index contributed by atoms with van der Waals surface area (Å²) in [4.78, 5) is 19.0. The lowest BCUT2D eigenvalue weighted by Gasteiger charge is -2.26. The van der Waals surface area contributed by atoms with Crippen molar-refractivity contribution in [3.05, 3.63) is 36.2 Å². The number of benzene rings is 1. The van der Waals surface area contributed by atoms with Gasteiger partial charge in [0, 0.05) is 18.5 Å². The first kappa shape index (κ1) is 15.7. The van der Waals surface area contributed by atoms with E-state index < -0.39 is 0 Å². The topological polar surface area (TPSA) is 59.2 Å². The summed E-state index contributed by atoms with van der Waals surface area (Å²) in [5.74, 6) is 1.29. The summed E-state index contributed by atoms with van der Waals surface area (Å²) in [5, 5.41) is 4.08. The number of hydrogen-bond acceptors (Lipinski definition) is 4. The van der Waals surface area contributed by atoms with Gasteiger partial charge in [-0.3, -0.25) is 4.79 Å². The molecule has 3 rings (SSSR count). The Bertz CT molecular complexity index is 673. The molecular weight excluding hydrogens is 290 g/mol. The van der Waals surface area contributed by atoms with Gasteiger partial charge in [0.1, 0.15) is 6.04 Å². The smallest absolute Gasteiger partial charge is 0.249 e. The van der Waals surface area contributed by atoms with Gasteiger partial charge >= 0.3 is 0 Å². The molecular formula is C18H23N3O2. The van der Waals surface area contributed by atoms with Gasteiger partial charge in [0.2, 0.25) is 17.6 Å². The zero-order valence-corrected chi connectivity index (χ0v) is 14.0. The highest BCUT2D eigenvalue weighted by atomic mass is 16.5. The SMILES string of the molecule is CC(C)(C)CC(=O)N1CCC[C@@H]1c1nc(-c2ccccc2)no1. The Morgan fingerprint density at radius 1 is 1.30 bits per heavy atom. The molecule has 23 heavy (non-hydrogen) atoms. The van der Waals surface area contributed by atoms with Gasteiger partial charge in [-0.1, -0.05) is 56.3 Å². The third-order valence-electron chi connectivity index (χ3n) is 4.01. The Balaban J connectivity index is 1.78. The van der Waals surface area contributed by atoms with Crippen LogP contribution >= 0.6 is 0 Å². The number of carbonyl (C=O) groups is 1. The van der Waals surface area contributed by atoms with Crippen molar-refractivity contribution in [3.63, 3.8) is 0 Å². The van der Waals surface area contributed by atoms with Gasteiger partial charge in [-0.05, 0) is 18.3 Å². The molecule has 1 amide bonds. The van der Waals surface area contributed by atoms with Crippen LogP contribution in [-0.2, 0) is 4.79 Å². The fraction of sp³-hybridized carbons (Fsp3) is 0.500. The number of nitrogens with zero attached hydrogens (tertiary/aromatic N) is 3. The molecule has 0 spiro atoms. The van der Waals surface area contributed by atoms with E-state index in [0.29, 0.717) is 18.1 Å². The standard InChI is InChI=1S/C18H23N3O2/c1-18(2,3)12-15(22)21-11-7-10-14(21)17-19-16(20-23-17)13-8-5-4-6-9-13/h4-6,8-9,14H,7,10-12H2,1-3H3/t14-/m1/s1. The Hall–Kier alpha value is -2.17. The molecule has 2 aromatic rings. The Morgan fingerprint density at radius 2 is 2.04 bits per heavy atom. The first-order valence-corrected chi connectivity index (χ1v) is 8.12. The average molecular weight is 313 g/mol. The minimum Gasteiger partial charge on any atom is -0.337 e. The van der Waals surface area contributed by atoms with Gasteiger partial charge in [0.25, 0.3) is 0 Å². The fourth-order valence-electron chi connectivity index (χ4n) is 2.95. The summed E-state index contributed by atoms with van der Waals surface area (Å²) in [5.41, 5.74) is 0.905. The Kier molecular flexibility index (Phi) is 4.20. The van der Waals surface area contributed by atoms with E-state index in [0.717, 1.165) is 24.9 Å². The number of likely N-dealkylation sites (tertiary alicyclic amines) is 1. The molecule has 0 N–H and O–H groups in total. The molecule has 122 valence electrons. The third kappa shape index (κ3) is 3.60. The summed E-state index contributed by atoms with van der Waals surface area (Å²) in [6.07, 6.45) is 2.39. The molecule has 0 aliphatic carbocycles. The average Bonchev–Trinajstić information content (AvgIpc) is 3.15. The highest BCUT2D eigenvalue weighted by Gasteiger charge is 2.35. The van der Waals surface area contributed by atoms with E-state index in [1.54, 1.807) is 0 Å². The van der Waals surface area contributed by atoms with Gasteiger partial charge in [-0.15, -0.1) is 0 Å². The zero-order chi connectivity index (χ0) is 16.4. The molecule has 0 unspecified atom stereocenters. The van der Waals surface area contributed by atoms with Crippen molar-refractivity contribution in [3.8, 4) is 11.4 Å². The maximum Gasteiger partial charge on any atom is 0.249 e. The summed E-state index contributed by atoms with van der Waals surface area (Å²) >= 11 is 0. The number of hydrogen-bond donors (Lipinski definition) is 0. The first-order valence-electron chi connectivity index (χ1n) is 8.12. The van der Waals surface area contributed by atoms with Crippen LogP contribution in [0.4, 0.5) is 0 Å². The molecule has 0 saturated carbocycles. The predicted octanol–water partition coefficient (Wildman–Crippen LogP) is 3.84. The second-order valence-corrected chi connectivity index (χ2v) is 7.30. The molecule has 1 saturated heterocycles. The maximum atomic E-state index is 12.6. The van der Waals surface area contributed by atoms with Gasteiger partial charge in [-0.25, -0.2) is 0 Å². The summed E-state index contributed by atoms with van der Waals surface area (Å²) < 4.78 is 5.46. The van der Waals surface area contributed by atoms with E-state index >= 15 is 0 Å². The van der Waals surface area contributed by atoms with Gasteiger partial charge in [-0.2, -0.15) is 4.98 Å². The Morgan fingerprint density at radius 3 is 2.74 bits per heavy atom. The van der Waals surface area contributed by atoms with Crippen molar-refractivity contribution >= 4 is 5.91 Å². The lowest BCUT2D eigenvalue weighted by molar-refractivity contribution is -0.134. The van der Waals surface area contributed by atoms with E-state index in [9.17, 15) is 4.79 Å². The predicted molar refractivity (Wildman–Crippen MR) is 87.5 cm³/mol. The lowest BCUT2D eigenvalue weighted by atomic mass is 9.91. The van der Waals surface area contributed by atoms with Gasteiger partial charge in [0.15, 0.2) is 0 Å². The minimum atomic E-state index is -0.0881. The Labute approximate surface area is 136 Å². The molecule has 5 nitrogen and oxygen atoms in total. The number of aromatic nitrogens is 2. The van der Waals surface area contributed by atoms with Crippen LogP contribution in [0.25, 0.3) is 11.4 Å². The first-order chi connectivity index (χ1) is 10.9. The van der Waals surface area contributed by atoms with Crippen molar-refractivity contribution in [2.45, 2.75) is 46.1 Å². The quantitative estimate of drug-likeness (QED) is 0.864. The van der Waals surface area contributed by atoms with E-state index in [-0.39, 0.29) is 17.4 Å². The molecule has 1 aromatic heterocycles. The van der Waals surface area contributed by atoms with Crippen molar-refractivity contribution in [2.75, 3.05) is 6.54 Å². The highest BCUT2D eigenvalue weighted by molar-refractivity contribution is 5.77. The van der Waals surface area contributed by atoms with Gasteiger partial charge < -0.3 is 9.42 Å². The number of amides is 1. The van der Waals surface area contributed by atoms with Crippen LogP contribution in [0.3, 0.4) is 0 Å². The zero-order valence-electron chi connectivity index (χ0n) is 14.0. The summed E-state index contributed by atoms with van der Waals surface area (Å²) in [6, 6.07) is 9.65.